The van der Waals surface area contributed by atoms with Gasteiger partial charge in [0.2, 0.25) is 11.8 Å². The van der Waals surface area contributed by atoms with Crippen molar-refractivity contribution in [3.05, 3.63) is 59.2 Å². The number of ether oxygens (including phenoxy) is 2. The lowest BCUT2D eigenvalue weighted by molar-refractivity contribution is -0.137. The molecule has 180 valence electrons. The van der Waals surface area contributed by atoms with Crippen LogP contribution in [-0.2, 0) is 16.0 Å². The van der Waals surface area contributed by atoms with Gasteiger partial charge >= 0.3 is 0 Å². The first-order chi connectivity index (χ1) is 16.4. The molecule has 0 aliphatic carbocycles. The molecule has 2 aromatic carbocycles. The van der Waals surface area contributed by atoms with E-state index in [0.29, 0.717) is 49.8 Å². The Balaban J connectivity index is 1.40. The number of fused-ring (bicyclic) bond motifs is 1. The average Bonchev–Trinajstić information content (AvgIpc) is 2.87. The van der Waals surface area contributed by atoms with Crippen molar-refractivity contribution in [2.45, 2.75) is 25.8 Å². The van der Waals surface area contributed by atoms with E-state index in [2.05, 4.69) is 6.07 Å². The van der Waals surface area contributed by atoms with Crippen LogP contribution in [0.1, 0.15) is 40.9 Å². The smallest absolute Gasteiger partial charge is 0.254 e. The van der Waals surface area contributed by atoms with Gasteiger partial charge in [0.1, 0.15) is 0 Å². The van der Waals surface area contributed by atoms with Crippen molar-refractivity contribution in [1.29, 1.82) is 0 Å². The van der Waals surface area contributed by atoms with Crippen LogP contribution in [0.5, 0.6) is 11.5 Å². The third-order valence-corrected chi connectivity index (χ3v) is 6.73. The number of rotatable bonds is 5. The van der Waals surface area contributed by atoms with Crippen LogP contribution in [0.3, 0.4) is 0 Å². The van der Waals surface area contributed by atoms with Gasteiger partial charge in [-0.05, 0) is 35.7 Å². The van der Waals surface area contributed by atoms with Crippen molar-refractivity contribution in [3.63, 3.8) is 0 Å². The highest BCUT2D eigenvalue weighted by molar-refractivity contribution is 5.95. The molecule has 1 unspecified atom stereocenters. The van der Waals surface area contributed by atoms with E-state index >= 15 is 0 Å². The highest BCUT2D eigenvalue weighted by atomic mass is 16.5. The van der Waals surface area contributed by atoms with E-state index in [9.17, 15) is 14.4 Å². The zero-order valence-electron chi connectivity index (χ0n) is 20.0. The van der Waals surface area contributed by atoms with E-state index in [1.165, 1.54) is 12.7 Å². The van der Waals surface area contributed by atoms with Crippen LogP contribution in [0.4, 0.5) is 0 Å². The molecule has 1 atom stereocenters. The molecule has 2 heterocycles. The standard InChI is InChI=1S/C26H31N3O5/c1-18(30)29-11-10-19-6-4-5-7-21(19)22(29)17-25(31)27-12-14-28(15-13-27)26(32)20-8-9-23(33-2)24(16-20)34-3/h4-9,16,22H,10-15,17H2,1-3H3. The molecule has 2 aromatic rings. The molecule has 0 saturated carbocycles. The highest BCUT2D eigenvalue weighted by Gasteiger charge is 2.33. The van der Waals surface area contributed by atoms with Crippen molar-refractivity contribution in [1.82, 2.24) is 14.7 Å². The second-order valence-corrected chi connectivity index (χ2v) is 8.62. The largest absolute Gasteiger partial charge is 0.493 e. The number of hydrogen-bond donors (Lipinski definition) is 0. The molecule has 0 N–H and O–H groups in total. The van der Waals surface area contributed by atoms with E-state index in [-0.39, 0.29) is 30.2 Å². The maximum absolute atomic E-state index is 13.2. The Kier molecular flexibility index (Phi) is 7.05. The average molecular weight is 466 g/mol. The van der Waals surface area contributed by atoms with Gasteiger partial charge in [0.25, 0.3) is 5.91 Å². The summed E-state index contributed by atoms with van der Waals surface area (Å²) in [7, 11) is 3.09. The third-order valence-electron chi connectivity index (χ3n) is 6.73. The summed E-state index contributed by atoms with van der Waals surface area (Å²) in [5.74, 6) is 0.962. The first-order valence-electron chi connectivity index (χ1n) is 11.6. The SMILES string of the molecule is COc1ccc(C(=O)N2CCN(C(=O)CC3c4ccccc4CCN3C(C)=O)CC2)cc1OC. The van der Waals surface area contributed by atoms with Gasteiger partial charge in [0.05, 0.1) is 26.7 Å². The predicted molar refractivity (Wildman–Crippen MR) is 127 cm³/mol. The van der Waals surface area contributed by atoms with Crippen LogP contribution < -0.4 is 9.47 Å². The monoisotopic (exact) mass is 465 g/mol. The highest BCUT2D eigenvalue weighted by Crippen LogP contribution is 2.33. The lowest BCUT2D eigenvalue weighted by Crippen LogP contribution is -2.51. The Morgan fingerprint density at radius 1 is 0.882 bits per heavy atom. The van der Waals surface area contributed by atoms with Crippen LogP contribution >= 0.6 is 0 Å². The number of amides is 3. The molecule has 2 aliphatic rings. The molecule has 4 rings (SSSR count). The van der Waals surface area contributed by atoms with E-state index < -0.39 is 0 Å². The Morgan fingerprint density at radius 2 is 1.56 bits per heavy atom. The molecule has 8 heteroatoms. The Hall–Kier alpha value is -3.55. The van der Waals surface area contributed by atoms with Gasteiger partial charge < -0.3 is 24.2 Å². The molecule has 34 heavy (non-hydrogen) atoms. The Labute approximate surface area is 200 Å². The molecule has 3 amide bonds. The lowest BCUT2D eigenvalue weighted by Gasteiger charge is -2.39. The number of carbonyl (C=O) groups excluding carboxylic acids is 3. The van der Waals surface area contributed by atoms with Crippen LogP contribution in [-0.4, -0.2) is 79.4 Å². The van der Waals surface area contributed by atoms with Gasteiger partial charge in [-0.15, -0.1) is 0 Å². The van der Waals surface area contributed by atoms with Crippen LogP contribution in [0.2, 0.25) is 0 Å². The summed E-state index contributed by atoms with van der Waals surface area (Å²) in [4.78, 5) is 43.8. The van der Waals surface area contributed by atoms with Crippen LogP contribution in [0, 0.1) is 0 Å². The first-order valence-corrected chi connectivity index (χ1v) is 11.6. The zero-order chi connectivity index (χ0) is 24.2. The van der Waals surface area contributed by atoms with Crippen molar-refractivity contribution in [2.75, 3.05) is 46.9 Å². The summed E-state index contributed by atoms with van der Waals surface area (Å²) >= 11 is 0. The van der Waals surface area contributed by atoms with Crippen LogP contribution in [0.15, 0.2) is 42.5 Å². The summed E-state index contributed by atoms with van der Waals surface area (Å²) in [5.41, 5.74) is 2.77. The fourth-order valence-corrected chi connectivity index (χ4v) is 4.85. The van der Waals surface area contributed by atoms with E-state index in [1.807, 2.05) is 18.2 Å². The number of benzene rings is 2. The summed E-state index contributed by atoms with van der Waals surface area (Å²) in [6, 6.07) is 12.9. The molecule has 1 saturated heterocycles. The quantitative estimate of drug-likeness (QED) is 0.678. The van der Waals surface area contributed by atoms with Gasteiger partial charge in [-0.3, -0.25) is 14.4 Å². The second-order valence-electron chi connectivity index (χ2n) is 8.62. The Bertz CT molecular complexity index is 1080. The summed E-state index contributed by atoms with van der Waals surface area (Å²) < 4.78 is 10.6. The molecule has 2 aliphatic heterocycles. The van der Waals surface area contributed by atoms with E-state index in [0.717, 1.165) is 12.0 Å². The zero-order valence-corrected chi connectivity index (χ0v) is 20.0. The number of methoxy groups -OCH3 is 2. The Morgan fingerprint density at radius 3 is 2.24 bits per heavy atom. The lowest BCUT2D eigenvalue weighted by atomic mass is 9.90. The first kappa shape index (κ1) is 23.6. The van der Waals surface area contributed by atoms with E-state index in [4.69, 9.17) is 9.47 Å². The van der Waals surface area contributed by atoms with Gasteiger partial charge in [-0.1, -0.05) is 24.3 Å². The minimum atomic E-state index is -0.249. The van der Waals surface area contributed by atoms with Crippen molar-refractivity contribution in [2.24, 2.45) is 0 Å². The van der Waals surface area contributed by atoms with Crippen molar-refractivity contribution in [3.8, 4) is 11.5 Å². The van der Waals surface area contributed by atoms with Gasteiger partial charge in [0.15, 0.2) is 11.5 Å². The van der Waals surface area contributed by atoms with Gasteiger partial charge in [-0.25, -0.2) is 0 Å². The molecule has 0 aromatic heterocycles. The molecule has 0 radical (unpaired) electrons. The van der Waals surface area contributed by atoms with E-state index in [1.54, 1.807) is 46.9 Å². The molecule has 0 spiro atoms. The maximum Gasteiger partial charge on any atom is 0.254 e. The normalized spacial score (nSPS) is 17.7. The van der Waals surface area contributed by atoms with Crippen molar-refractivity contribution < 1.29 is 23.9 Å². The summed E-state index contributed by atoms with van der Waals surface area (Å²) in [6.45, 7) is 4.02. The predicted octanol–water partition coefficient (Wildman–Crippen LogP) is 2.52. The fourth-order valence-electron chi connectivity index (χ4n) is 4.85. The molecular weight excluding hydrogens is 434 g/mol. The number of hydrogen-bond acceptors (Lipinski definition) is 5. The minimum Gasteiger partial charge on any atom is -0.493 e. The molecule has 0 bridgehead atoms. The molecule has 1 fully saturated rings. The molecular formula is C26H31N3O5. The van der Waals surface area contributed by atoms with Gasteiger partial charge in [-0.2, -0.15) is 0 Å². The second kappa shape index (κ2) is 10.2. The topological polar surface area (TPSA) is 79.4 Å². The van der Waals surface area contributed by atoms with Crippen molar-refractivity contribution >= 4 is 17.7 Å². The number of piperazine rings is 1. The van der Waals surface area contributed by atoms with Gasteiger partial charge in [0, 0.05) is 45.2 Å². The van der Waals surface area contributed by atoms with Crippen LogP contribution in [0.25, 0.3) is 0 Å². The number of carbonyl (C=O) groups is 3. The maximum atomic E-state index is 13.2. The molecule has 8 nitrogen and oxygen atoms in total. The fraction of sp³-hybridized carbons (Fsp3) is 0.423. The minimum absolute atomic E-state index is 0.00571. The summed E-state index contributed by atoms with van der Waals surface area (Å²) in [5, 5.41) is 0. The summed E-state index contributed by atoms with van der Waals surface area (Å²) in [6.07, 6.45) is 1.05. The number of nitrogens with zero attached hydrogens (tertiary/aromatic N) is 3. The third kappa shape index (κ3) is 4.71.